The number of aliphatic hydroxyl groups excluding tert-OH is 1. The molecule has 1 heterocycles. The fraction of sp³-hybridized carbons (Fsp3) is 0.308. The molecule has 2 aromatic rings. The van der Waals surface area contributed by atoms with E-state index in [1.807, 2.05) is 31.2 Å². The summed E-state index contributed by atoms with van der Waals surface area (Å²) in [5.74, 6) is 1.30. The summed E-state index contributed by atoms with van der Waals surface area (Å²) in [6.07, 6.45) is 0.0200. The van der Waals surface area contributed by atoms with Crippen molar-refractivity contribution in [2.45, 2.75) is 19.4 Å². The highest BCUT2D eigenvalue weighted by Crippen LogP contribution is 2.25. The Morgan fingerprint density at radius 2 is 2.06 bits per heavy atom. The third-order valence-electron chi connectivity index (χ3n) is 2.63. The molecular formula is C13H15NO3. The van der Waals surface area contributed by atoms with Crippen LogP contribution in [0.3, 0.4) is 0 Å². The van der Waals surface area contributed by atoms with Crippen LogP contribution in [0.15, 0.2) is 34.9 Å². The zero-order chi connectivity index (χ0) is 12.3. The van der Waals surface area contributed by atoms with Crippen molar-refractivity contribution < 1.29 is 14.4 Å². The predicted molar refractivity (Wildman–Crippen MR) is 63.7 cm³/mol. The molecule has 0 fully saturated rings. The van der Waals surface area contributed by atoms with Gasteiger partial charge < -0.3 is 14.4 Å². The number of ether oxygens (including phenoxy) is 1. The van der Waals surface area contributed by atoms with Gasteiger partial charge in [0, 0.05) is 11.6 Å². The summed E-state index contributed by atoms with van der Waals surface area (Å²) in [6.45, 7) is 1.89. The van der Waals surface area contributed by atoms with E-state index in [-0.39, 0.29) is 0 Å². The molecule has 2 rings (SSSR count). The first-order valence-electron chi connectivity index (χ1n) is 5.53. The van der Waals surface area contributed by atoms with Gasteiger partial charge in [0.1, 0.15) is 17.5 Å². The molecule has 0 bridgehead atoms. The van der Waals surface area contributed by atoms with Gasteiger partial charge in [-0.3, -0.25) is 0 Å². The number of nitrogens with zero attached hydrogens (tertiary/aromatic N) is 1. The number of methoxy groups -OCH3 is 1. The number of benzene rings is 1. The molecule has 1 atom stereocenters. The van der Waals surface area contributed by atoms with Gasteiger partial charge in [0.2, 0.25) is 0 Å². The van der Waals surface area contributed by atoms with Gasteiger partial charge in [-0.2, -0.15) is 0 Å². The maximum absolute atomic E-state index is 9.62. The van der Waals surface area contributed by atoms with E-state index >= 15 is 0 Å². The number of hydrogen-bond donors (Lipinski definition) is 1. The predicted octanol–water partition coefficient (Wildman–Crippen LogP) is 2.79. The summed E-state index contributed by atoms with van der Waals surface area (Å²) in [5.41, 5.74) is 1.65. The van der Waals surface area contributed by atoms with E-state index in [0.29, 0.717) is 12.2 Å². The highest BCUT2D eigenvalue weighted by Gasteiger charge is 2.12. The van der Waals surface area contributed by atoms with E-state index in [4.69, 9.17) is 9.26 Å². The topological polar surface area (TPSA) is 55.5 Å². The fourth-order valence-corrected chi connectivity index (χ4v) is 1.55. The smallest absolute Gasteiger partial charge is 0.165 e. The van der Waals surface area contributed by atoms with Gasteiger partial charge in [0.05, 0.1) is 7.11 Å². The molecule has 0 saturated carbocycles. The van der Waals surface area contributed by atoms with Crippen LogP contribution >= 0.6 is 0 Å². The zero-order valence-electron chi connectivity index (χ0n) is 9.88. The van der Waals surface area contributed by atoms with Crippen LogP contribution in [0.5, 0.6) is 5.75 Å². The Morgan fingerprint density at radius 3 is 2.65 bits per heavy atom. The van der Waals surface area contributed by atoms with Crippen LogP contribution in [0.4, 0.5) is 0 Å². The van der Waals surface area contributed by atoms with Crippen molar-refractivity contribution in [3.05, 3.63) is 36.1 Å². The summed E-state index contributed by atoms with van der Waals surface area (Å²) >= 11 is 0. The van der Waals surface area contributed by atoms with E-state index in [2.05, 4.69) is 5.16 Å². The lowest BCUT2D eigenvalue weighted by molar-refractivity contribution is 0.136. The average Bonchev–Trinajstić information content (AvgIpc) is 2.87. The Hall–Kier alpha value is -1.81. The molecule has 1 aromatic heterocycles. The molecule has 17 heavy (non-hydrogen) atoms. The molecule has 0 spiro atoms. The molecule has 1 unspecified atom stereocenters. The molecule has 0 aliphatic heterocycles. The Balaban J connectivity index is 2.24. The van der Waals surface area contributed by atoms with Gasteiger partial charge in [-0.15, -0.1) is 0 Å². The third kappa shape index (κ3) is 2.47. The molecule has 0 aliphatic rings. The highest BCUT2D eigenvalue weighted by atomic mass is 16.5. The summed E-state index contributed by atoms with van der Waals surface area (Å²) in [5, 5.41) is 13.6. The second-order valence-corrected chi connectivity index (χ2v) is 3.77. The van der Waals surface area contributed by atoms with Crippen molar-refractivity contribution in [3.63, 3.8) is 0 Å². The van der Waals surface area contributed by atoms with Gasteiger partial charge in [-0.1, -0.05) is 12.1 Å². The first kappa shape index (κ1) is 11.7. The molecular weight excluding hydrogens is 218 g/mol. The van der Waals surface area contributed by atoms with Crippen LogP contribution < -0.4 is 4.74 Å². The lowest BCUT2D eigenvalue weighted by atomic mass is 10.1. The Kier molecular flexibility index (Phi) is 3.44. The van der Waals surface area contributed by atoms with Gasteiger partial charge in [0.25, 0.3) is 0 Å². The molecule has 0 amide bonds. The van der Waals surface area contributed by atoms with Gasteiger partial charge >= 0.3 is 0 Å². The molecule has 1 N–H and O–H groups in total. The first-order valence-corrected chi connectivity index (χ1v) is 5.53. The monoisotopic (exact) mass is 233 g/mol. The van der Waals surface area contributed by atoms with Crippen molar-refractivity contribution in [3.8, 4) is 17.0 Å². The SMILES string of the molecule is CCC(O)c1cc(-c2ccc(OC)cc2)no1. The van der Waals surface area contributed by atoms with Crippen LogP contribution in [0.25, 0.3) is 11.3 Å². The number of aromatic nitrogens is 1. The highest BCUT2D eigenvalue weighted by molar-refractivity contribution is 5.59. The van der Waals surface area contributed by atoms with Gasteiger partial charge in [-0.05, 0) is 30.7 Å². The molecule has 0 saturated heterocycles. The van der Waals surface area contributed by atoms with Gasteiger partial charge in [-0.25, -0.2) is 0 Å². The molecule has 4 heteroatoms. The van der Waals surface area contributed by atoms with E-state index < -0.39 is 6.10 Å². The van der Waals surface area contributed by atoms with Crippen LogP contribution in [0.1, 0.15) is 25.2 Å². The molecule has 0 aliphatic carbocycles. The zero-order valence-corrected chi connectivity index (χ0v) is 9.88. The van der Waals surface area contributed by atoms with E-state index in [0.717, 1.165) is 17.0 Å². The van der Waals surface area contributed by atoms with Crippen LogP contribution in [-0.2, 0) is 0 Å². The Labute approximate surface area is 99.8 Å². The van der Waals surface area contributed by atoms with Crippen LogP contribution in [-0.4, -0.2) is 17.4 Å². The summed E-state index contributed by atoms with van der Waals surface area (Å²) < 4.78 is 10.2. The van der Waals surface area contributed by atoms with Crippen molar-refractivity contribution >= 4 is 0 Å². The van der Waals surface area contributed by atoms with E-state index in [1.165, 1.54) is 0 Å². The average molecular weight is 233 g/mol. The molecule has 0 radical (unpaired) electrons. The van der Waals surface area contributed by atoms with E-state index in [1.54, 1.807) is 13.2 Å². The second kappa shape index (κ2) is 5.01. The van der Waals surface area contributed by atoms with Crippen LogP contribution in [0, 0.1) is 0 Å². The second-order valence-electron chi connectivity index (χ2n) is 3.77. The van der Waals surface area contributed by atoms with Gasteiger partial charge in [0.15, 0.2) is 5.76 Å². The minimum atomic E-state index is -0.588. The van der Waals surface area contributed by atoms with Crippen molar-refractivity contribution in [1.29, 1.82) is 0 Å². The number of hydrogen-bond acceptors (Lipinski definition) is 4. The molecule has 90 valence electrons. The summed E-state index contributed by atoms with van der Waals surface area (Å²) in [6, 6.07) is 9.29. The van der Waals surface area contributed by atoms with Crippen molar-refractivity contribution in [2.75, 3.05) is 7.11 Å². The quantitative estimate of drug-likeness (QED) is 0.882. The van der Waals surface area contributed by atoms with Crippen molar-refractivity contribution in [1.82, 2.24) is 5.16 Å². The molecule has 4 nitrogen and oxygen atoms in total. The van der Waals surface area contributed by atoms with Crippen LogP contribution in [0.2, 0.25) is 0 Å². The fourth-order valence-electron chi connectivity index (χ4n) is 1.55. The lowest BCUT2D eigenvalue weighted by Gasteiger charge is -2.00. The minimum Gasteiger partial charge on any atom is -0.497 e. The van der Waals surface area contributed by atoms with E-state index in [9.17, 15) is 5.11 Å². The molecule has 1 aromatic carbocycles. The standard InChI is InChI=1S/C13H15NO3/c1-3-12(15)13-8-11(14-17-13)9-4-6-10(16-2)7-5-9/h4-8,12,15H,3H2,1-2H3. The minimum absolute atomic E-state index is 0.498. The third-order valence-corrected chi connectivity index (χ3v) is 2.63. The maximum atomic E-state index is 9.62. The summed E-state index contributed by atoms with van der Waals surface area (Å²) in [7, 11) is 1.63. The Bertz CT molecular complexity index is 476. The first-order chi connectivity index (χ1) is 8.24. The normalized spacial score (nSPS) is 12.4. The largest absolute Gasteiger partial charge is 0.497 e. The summed E-state index contributed by atoms with van der Waals surface area (Å²) in [4.78, 5) is 0. The van der Waals surface area contributed by atoms with Crippen molar-refractivity contribution in [2.24, 2.45) is 0 Å². The Morgan fingerprint density at radius 1 is 1.35 bits per heavy atom. The lowest BCUT2D eigenvalue weighted by Crippen LogP contribution is -1.91. The number of aliphatic hydroxyl groups is 1. The number of rotatable bonds is 4. The maximum Gasteiger partial charge on any atom is 0.165 e.